The van der Waals surface area contributed by atoms with E-state index in [0.717, 1.165) is 5.75 Å². The number of anilines is 1. The summed E-state index contributed by atoms with van der Waals surface area (Å²) in [6.45, 7) is 4.24. The third-order valence-corrected chi connectivity index (χ3v) is 4.77. The second kappa shape index (κ2) is 8.75. The number of hydrogen-bond acceptors (Lipinski definition) is 4. The summed E-state index contributed by atoms with van der Waals surface area (Å²) in [5, 5.41) is 0. The summed E-state index contributed by atoms with van der Waals surface area (Å²) in [5.41, 5.74) is 0.589. The first-order valence-electron chi connectivity index (χ1n) is 9.21. The quantitative estimate of drug-likeness (QED) is 0.780. The Morgan fingerprint density at radius 1 is 1.04 bits per heavy atom. The highest BCUT2D eigenvalue weighted by atomic mass is 19.1. The molecule has 1 fully saturated rings. The maximum absolute atomic E-state index is 14.0. The molecule has 3 rings (SSSR count). The maximum Gasteiger partial charge on any atom is 0.263 e. The lowest BCUT2D eigenvalue weighted by molar-refractivity contribution is -0.139. The highest BCUT2D eigenvalue weighted by molar-refractivity contribution is 5.81. The van der Waals surface area contributed by atoms with Gasteiger partial charge in [0.05, 0.1) is 12.8 Å². The van der Waals surface area contributed by atoms with E-state index in [1.165, 1.54) is 6.07 Å². The lowest BCUT2D eigenvalue weighted by Crippen LogP contribution is -2.52. The van der Waals surface area contributed by atoms with E-state index in [2.05, 4.69) is 0 Å². The molecule has 1 amide bonds. The van der Waals surface area contributed by atoms with Crippen molar-refractivity contribution in [1.29, 1.82) is 0 Å². The zero-order valence-corrected chi connectivity index (χ0v) is 15.7. The standard InChI is InChI=1S/C21H25FN2O3/c1-3-20(27-17-10-8-16(26-2)9-11-17)21(25)24-14-12-23(13-15-24)19-7-5-4-6-18(19)22/h4-11,20H,3,12-15H2,1-2H3/t20-/m0/s1. The smallest absolute Gasteiger partial charge is 0.263 e. The Bertz CT molecular complexity index is 758. The second-order valence-electron chi connectivity index (χ2n) is 6.45. The molecule has 0 saturated carbocycles. The van der Waals surface area contributed by atoms with Crippen molar-refractivity contribution in [3.63, 3.8) is 0 Å². The number of methoxy groups -OCH3 is 1. The molecule has 1 heterocycles. The topological polar surface area (TPSA) is 42.0 Å². The molecule has 1 aliphatic rings. The number of carbonyl (C=O) groups excluding carboxylic acids is 1. The van der Waals surface area contributed by atoms with Gasteiger partial charge in [0.15, 0.2) is 6.10 Å². The summed E-state index contributed by atoms with van der Waals surface area (Å²) in [6.07, 6.45) is 0.0525. The van der Waals surface area contributed by atoms with Gasteiger partial charge < -0.3 is 19.3 Å². The monoisotopic (exact) mass is 372 g/mol. The molecule has 1 saturated heterocycles. The number of benzene rings is 2. The third kappa shape index (κ3) is 4.51. The number of ether oxygens (including phenoxy) is 2. The number of hydrogen-bond donors (Lipinski definition) is 0. The summed E-state index contributed by atoms with van der Waals surface area (Å²) in [4.78, 5) is 16.6. The molecule has 0 radical (unpaired) electrons. The van der Waals surface area contributed by atoms with Gasteiger partial charge in [-0.05, 0) is 42.8 Å². The van der Waals surface area contributed by atoms with Crippen LogP contribution in [0.5, 0.6) is 11.5 Å². The summed E-state index contributed by atoms with van der Waals surface area (Å²) in [7, 11) is 1.61. The molecule has 0 aromatic heterocycles. The summed E-state index contributed by atoms with van der Waals surface area (Å²) >= 11 is 0. The molecule has 2 aromatic carbocycles. The lowest BCUT2D eigenvalue weighted by atomic mass is 10.2. The SMILES string of the molecule is CC[C@H](Oc1ccc(OC)cc1)C(=O)N1CCN(c2ccccc2F)CC1. The average Bonchev–Trinajstić information content (AvgIpc) is 2.72. The van der Waals surface area contributed by atoms with Crippen LogP contribution in [0.2, 0.25) is 0 Å². The number of carbonyl (C=O) groups is 1. The zero-order valence-electron chi connectivity index (χ0n) is 15.7. The molecular weight excluding hydrogens is 347 g/mol. The molecular formula is C21H25FN2O3. The van der Waals surface area contributed by atoms with Crippen molar-refractivity contribution in [2.75, 3.05) is 38.2 Å². The molecule has 0 aliphatic carbocycles. The number of halogens is 1. The van der Waals surface area contributed by atoms with Gasteiger partial charge in [-0.25, -0.2) is 4.39 Å². The number of amides is 1. The molecule has 27 heavy (non-hydrogen) atoms. The normalized spacial score (nSPS) is 15.4. The Hall–Kier alpha value is -2.76. The van der Waals surface area contributed by atoms with Gasteiger partial charge in [-0.2, -0.15) is 0 Å². The van der Waals surface area contributed by atoms with Crippen molar-refractivity contribution in [3.8, 4) is 11.5 Å². The van der Waals surface area contributed by atoms with Crippen molar-refractivity contribution in [1.82, 2.24) is 4.90 Å². The Kier molecular flexibility index (Phi) is 6.16. The van der Waals surface area contributed by atoms with Crippen LogP contribution in [0.3, 0.4) is 0 Å². The molecule has 0 unspecified atom stereocenters. The largest absolute Gasteiger partial charge is 0.497 e. The van der Waals surface area contributed by atoms with Crippen molar-refractivity contribution in [3.05, 3.63) is 54.3 Å². The van der Waals surface area contributed by atoms with Gasteiger partial charge in [0.25, 0.3) is 5.91 Å². The molecule has 0 bridgehead atoms. The van der Waals surface area contributed by atoms with Crippen LogP contribution in [-0.2, 0) is 4.79 Å². The van der Waals surface area contributed by atoms with Crippen LogP contribution in [0, 0.1) is 5.82 Å². The van der Waals surface area contributed by atoms with Crippen LogP contribution in [-0.4, -0.2) is 50.2 Å². The minimum atomic E-state index is -0.529. The molecule has 1 aliphatic heterocycles. The third-order valence-electron chi connectivity index (χ3n) is 4.77. The van der Waals surface area contributed by atoms with Crippen LogP contribution in [0.25, 0.3) is 0 Å². The van der Waals surface area contributed by atoms with E-state index in [9.17, 15) is 9.18 Å². The van der Waals surface area contributed by atoms with E-state index in [1.54, 1.807) is 48.4 Å². The molecule has 2 aromatic rings. The van der Waals surface area contributed by atoms with Gasteiger partial charge in [-0.1, -0.05) is 19.1 Å². The van der Waals surface area contributed by atoms with E-state index in [-0.39, 0.29) is 11.7 Å². The predicted molar refractivity (Wildman–Crippen MR) is 103 cm³/mol. The van der Waals surface area contributed by atoms with E-state index in [1.807, 2.05) is 17.9 Å². The van der Waals surface area contributed by atoms with E-state index < -0.39 is 6.10 Å². The number of piperazine rings is 1. The van der Waals surface area contributed by atoms with Gasteiger partial charge in [0.2, 0.25) is 0 Å². The average molecular weight is 372 g/mol. The second-order valence-corrected chi connectivity index (χ2v) is 6.45. The Morgan fingerprint density at radius 3 is 2.26 bits per heavy atom. The fourth-order valence-electron chi connectivity index (χ4n) is 3.21. The van der Waals surface area contributed by atoms with E-state index >= 15 is 0 Å². The van der Waals surface area contributed by atoms with Gasteiger partial charge in [0, 0.05) is 26.2 Å². The highest BCUT2D eigenvalue weighted by Crippen LogP contribution is 2.22. The van der Waals surface area contributed by atoms with Crippen LogP contribution >= 0.6 is 0 Å². The van der Waals surface area contributed by atoms with Crippen molar-refractivity contribution in [2.45, 2.75) is 19.4 Å². The summed E-state index contributed by atoms with van der Waals surface area (Å²) < 4.78 is 25.0. The highest BCUT2D eigenvalue weighted by Gasteiger charge is 2.28. The minimum absolute atomic E-state index is 0.0264. The molecule has 5 nitrogen and oxygen atoms in total. The summed E-state index contributed by atoms with van der Waals surface area (Å²) in [6, 6.07) is 13.9. The number of para-hydroxylation sites is 1. The van der Waals surface area contributed by atoms with E-state index in [0.29, 0.717) is 44.0 Å². The molecule has 0 N–H and O–H groups in total. The fourth-order valence-corrected chi connectivity index (χ4v) is 3.21. The Labute approximate surface area is 159 Å². The van der Waals surface area contributed by atoms with E-state index in [4.69, 9.17) is 9.47 Å². The Morgan fingerprint density at radius 2 is 1.67 bits per heavy atom. The van der Waals surface area contributed by atoms with Crippen LogP contribution in [0.15, 0.2) is 48.5 Å². The Balaban J connectivity index is 1.59. The maximum atomic E-state index is 14.0. The number of nitrogens with zero attached hydrogens (tertiary/aromatic N) is 2. The zero-order chi connectivity index (χ0) is 19.2. The first-order valence-corrected chi connectivity index (χ1v) is 9.21. The minimum Gasteiger partial charge on any atom is -0.497 e. The lowest BCUT2D eigenvalue weighted by Gasteiger charge is -2.37. The van der Waals surface area contributed by atoms with Gasteiger partial charge in [0.1, 0.15) is 17.3 Å². The van der Waals surface area contributed by atoms with Gasteiger partial charge in [-0.3, -0.25) is 4.79 Å². The molecule has 6 heteroatoms. The fraction of sp³-hybridized carbons (Fsp3) is 0.381. The number of rotatable bonds is 6. The van der Waals surface area contributed by atoms with Crippen molar-refractivity contribution < 1.29 is 18.7 Å². The van der Waals surface area contributed by atoms with Crippen molar-refractivity contribution in [2.24, 2.45) is 0 Å². The first kappa shape index (κ1) is 19.0. The van der Waals surface area contributed by atoms with Crippen LogP contribution in [0.1, 0.15) is 13.3 Å². The van der Waals surface area contributed by atoms with Gasteiger partial charge in [-0.15, -0.1) is 0 Å². The molecule has 0 spiro atoms. The van der Waals surface area contributed by atoms with Crippen LogP contribution in [0.4, 0.5) is 10.1 Å². The first-order chi connectivity index (χ1) is 13.1. The van der Waals surface area contributed by atoms with Gasteiger partial charge >= 0.3 is 0 Å². The van der Waals surface area contributed by atoms with Crippen LogP contribution < -0.4 is 14.4 Å². The van der Waals surface area contributed by atoms with Crippen molar-refractivity contribution >= 4 is 11.6 Å². The predicted octanol–water partition coefficient (Wildman–Crippen LogP) is 3.34. The summed E-state index contributed by atoms with van der Waals surface area (Å²) in [5.74, 6) is 1.13. The molecule has 1 atom stereocenters. The molecule has 144 valence electrons.